The Morgan fingerprint density at radius 2 is 2.10 bits per heavy atom. The summed E-state index contributed by atoms with van der Waals surface area (Å²) < 4.78 is 5.13. The van der Waals surface area contributed by atoms with Crippen LogP contribution in [0.5, 0.6) is 5.75 Å². The van der Waals surface area contributed by atoms with E-state index in [1.54, 1.807) is 30.2 Å². The highest BCUT2D eigenvalue weighted by Crippen LogP contribution is 2.19. The van der Waals surface area contributed by atoms with Crippen molar-refractivity contribution in [2.45, 2.75) is 25.3 Å². The normalized spacial score (nSPS) is 15.6. The first-order valence-electron chi connectivity index (χ1n) is 7.08. The zero-order valence-corrected chi connectivity index (χ0v) is 12.2. The molecule has 1 aliphatic rings. The molecule has 0 bridgehead atoms. The first-order chi connectivity index (χ1) is 10.1. The summed E-state index contributed by atoms with van der Waals surface area (Å²) in [6, 6.07) is 6.46. The quantitative estimate of drug-likeness (QED) is 0.818. The first kappa shape index (κ1) is 15.2. The molecular formula is C15H21N3O3. The van der Waals surface area contributed by atoms with Crippen LogP contribution in [0.2, 0.25) is 0 Å². The van der Waals surface area contributed by atoms with Gasteiger partial charge in [0.25, 0.3) is 0 Å². The molecule has 1 unspecified atom stereocenters. The minimum absolute atomic E-state index is 0.0355. The first-order valence-corrected chi connectivity index (χ1v) is 7.08. The Morgan fingerprint density at radius 3 is 2.71 bits per heavy atom. The number of primary amides is 1. The molecule has 3 N–H and O–H groups in total. The highest BCUT2D eigenvalue weighted by Gasteiger charge is 2.24. The van der Waals surface area contributed by atoms with E-state index >= 15 is 0 Å². The summed E-state index contributed by atoms with van der Waals surface area (Å²) in [4.78, 5) is 25.5. The Hall–Kier alpha value is -2.24. The summed E-state index contributed by atoms with van der Waals surface area (Å²) >= 11 is 0. The zero-order chi connectivity index (χ0) is 15.2. The van der Waals surface area contributed by atoms with Crippen molar-refractivity contribution < 1.29 is 14.3 Å². The Labute approximate surface area is 124 Å². The molecule has 114 valence electrons. The van der Waals surface area contributed by atoms with Gasteiger partial charge < -0.3 is 20.7 Å². The lowest BCUT2D eigenvalue weighted by Gasteiger charge is -2.21. The number of likely N-dealkylation sites (tertiary alicyclic amines) is 1. The van der Waals surface area contributed by atoms with Gasteiger partial charge in [0.2, 0.25) is 11.8 Å². The number of anilines is 1. The van der Waals surface area contributed by atoms with Gasteiger partial charge in [0.05, 0.1) is 13.5 Å². The monoisotopic (exact) mass is 291 g/mol. The van der Waals surface area contributed by atoms with Crippen LogP contribution in [0.4, 0.5) is 5.69 Å². The number of benzene rings is 1. The van der Waals surface area contributed by atoms with E-state index in [0.29, 0.717) is 11.4 Å². The van der Waals surface area contributed by atoms with Crippen molar-refractivity contribution in [1.29, 1.82) is 0 Å². The van der Waals surface area contributed by atoms with E-state index in [4.69, 9.17) is 10.5 Å². The van der Waals surface area contributed by atoms with Crippen LogP contribution in [0.25, 0.3) is 0 Å². The van der Waals surface area contributed by atoms with Crippen molar-refractivity contribution in [2.24, 2.45) is 5.73 Å². The topological polar surface area (TPSA) is 84.7 Å². The van der Waals surface area contributed by atoms with Gasteiger partial charge in [-0.1, -0.05) is 6.07 Å². The SMILES string of the molecule is COc1cccc(NC(CC(=O)N2CCCC2)C(N)=O)c1. The molecule has 2 amide bonds. The molecule has 1 aliphatic heterocycles. The lowest BCUT2D eigenvalue weighted by molar-refractivity contribution is -0.132. The maximum Gasteiger partial charge on any atom is 0.240 e. The highest BCUT2D eigenvalue weighted by molar-refractivity contribution is 5.89. The van der Waals surface area contributed by atoms with E-state index in [9.17, 15) is 9.59 Å². The van der Waals surface area contributed by atoms with Crippen molar-refractivity contribution in [3.8, 4) is 5.75 Å². The maximum atomic E-state index is 12.1. The largest absolute Gasteiger partial charge is 0.497 e. The Balaban J connectivity index is 2.01. The van der Waals surface area contributed by atoms with Crippen molar-refractivity contribution in [1.82, 2.24) is 4.90 Å². The average molecular weight is 291 g/mol. The van der Waals surface area contributed by atoms with E-state index < -0.39 is 11.9 Å². The molecule has 0 aromatic heterocycles. The maximum absolute atomic E-state index is 12.1. The van der Waals surface area contributed by atoms with Crippen LogP contribution < -0.4 is 15.8 Å². The van der Waals surface area contributed by atoms with Gasteiger partial charge in [0.1, 0.15) is 11.8 Å². The number of rotatable bonds is 6. The number of carbonyl (C=O) groups is 2. The number of methoxy groups -OCH3 is 1. The molecule has 21 heavy (non-hydrogen) atoms. The molecule has 0 aliphatic carbocycles. The lowest BCUT2D eigenvalue weighted by atomic mass is 10.1. The molecule has 1 heterocycles. The number of nitrogens with two attached hydrogens (primary N) is 1. The van der Waals surface area contributed by atoms with Crippen LogP contribution in [0.15, 0.2) is 24.3 Å². The van der Waals surface area contributed by atoms with Crippen LogP contribution in [0, 0.1) is 0 Å². The van der Waals surface area contributed by atoms with Gasteiger partial charge in [-0.2, -0.15) is 0 Å². The number of carbonyl (C=O) groups excluding carboxylic acids is 2. The summed E-state index contributed by atoms with van der Waals surface area (Å²) in [5, 5.41) is 3.01. The van der Waals surface area contributed by atoms with Gasteiger partial charge in [-0.05, 0) is 25.0 Å². The predicted octanol–water partition coefficient (Wildman–Crippen LogP) is 0.973. The summed E-state index contributed by atoms with van der Waals surface area (Å²) in [5.74, 6) is 0.103. The molecule has 1 aromatic rings. The number of ether oxygens (including phenoxy) is 1. The third kappa shape index (κ3) is 4.11. The standard InChI is InChI=1S/C15H21N3O3/c1-21-12-6-4-5-11(9-12)17-13(15(16)20)10-14(19)18-7-2-3-8-18/h4-6,9,13,17H,2-3,7-8,10H2,1H3,(H2,16,20). The Morgan fingerprint density at radius 1 is 1.38 bits per heavy atom. The van der Waals surface area contributed by atoms with E-state index in [-0.39, 0.29) is 12.3 Å². The molecule has 0 radical (unpaired) electrons. The van der Waals surface area contributed by atoms with Crippen LogP contribution in [0.3, 0.4) is 0 Å². The van der Waals surface area contributed by atoms with E-state index in [2.05, 4.69) is 5.32 Å². The van der Waals surface area contributed by atoms with Crippen molar-refractivity contribution in [3.05, 3.63) is 24.3 Å². The van der Waals surface area contributed by atoms with Crippen LogP contribution in [-0.4, -0.2) is 43.0 Å². The molecule has 1 saturated heterocycles. The summed E-state index contributed by atoms with van der Waals surface area (Å²) in [7, 11) is 1.57. The molecule has 2 rings (SSSR count). The fourth-order valence-electron chi connectivity index (χ4n) is 2.41. The minimum Gasteiger partial charge on any atom is -0.497 e. The van der Waals surface area contributed by atoms with Crippen molar-refractivity contribution >= 4 is 17.5 Å². The summed E-state index contributed by atoms with van der Waals surface area (Å²) in [6.45, 7) is 1.53. The summed E-state index contributed by atoms with van der Waals surface area (Å²) in [5.41, 5.74) is 6.10. The number of nitrogens with one attached hydrogen (secondary N) is 1. The molecule has 1 fully saturated rings. The van der Waals surface area contributed by atoms with E-state index in [1.807, 2.05) is 6.07 Å². The van der Waals surface area contributed by atoms with Crippen LogP contribution in [0.1, 0.15) is 19.3 Å². The molecule has 0 spiro atoms. The molecule has 6 nitrogen and oxygen atoms in total. The van der Waals surface area contributed by atoms with Gasteiger partial charge >= 0.3 is 0 Å². The van der Waals surface area contributed by atoms with E-state index in [0.717, 1.165) is 25.9 Å². The molecule has 6 heteroatoms. The van der Waals surface area contributed by atoms with E-state index in [1.165, 1.54) is 0 Å². The predicted molar refractivity (Wildman–Crippen MR) is 80.0 cm³/mol. The second kappa shape index (κ2) is 6.97. The smallest absolute Gasteiger partial charge is 0.240 e. The van der Waals surface area contributed by atoms with Gasteiger partial charge in [0.15, 0.2) is 0 Å². The van der Waals surface area contributed by atoms with Gasteiger partial charge in [-0.25, -0.2) is 0 Å². The third-order valence-corrected chi connectivity index (χ3v) is 3.59. The van der Waals surface area contributed by atoms with Gasteiger partial charge in [0, 0.05) is 24.8 Å². The number of nitrogens with zero attached hydrogens (tertiary/aromatic N) is 1. The fourth-order valence-corrected chi connectivity index (χ4v) is 2.41. The molecular weight excluding hydrogens is 270 g/mol. The number of hydrogen-bond acceptors (Lipinski definition) is 4. The second-order valence-electron chi connectivity index (χ2n) is 5.12. The minimum atomic E-state index is -0.717. The molecule has 1 atom stereocenters. The van der Waals surface area contributed by atoms with Crippen molar-refractivity contribution in [3.63, 3.8) is 0 Å². The van der Waals surface area contributed by atoms with Gasteiger partial charge in [-0.3, -0.25) is 9.59 Å². The second-order valence-corrected chi connectivity index (χ2v) is 5.12. The number of hydrogen-bond donors (Lipinski definition) is 2. The zero-order valence-electron chi connectivity index (χ0n) is 12.2. The lowest BCUT2D eigenvalue weighted by Crippen LogP contribution is -2.41. The fraction of sp³-hybridized carbons (Fsp3) is 0.467. The summed E-state index contributed by atoms with van der Waals surface area (Å²) in [6.07, 6.45) is 2.12. The molecule has 1 aromatic carbocycles. The Bertz CT molecular complexity index is 513. The van der Waals surface area contributed by atoms with Crippen molar-refractivity contribution in [2.75, 3.05) is 25.5 Å². The average Bonchev–Trinajstić information content (AvgIpc) is 3.01. The van der Waals surface area contributed by atoms with Crippen LogP contribution in [-0.2, 0) is 9.59 Å². The molecule has 0 saturated carbocycles. The number of amides is 2. The highest BCUT2D eigenvalue weighted by atomic mass is 16.5. The third-order valence-electron chi connectivity index (χ3n) is 3.59. The van der Waals surface area contributed by atoms with Gasteiger partial charge in [-0.15, -0.1) is 0 Å². The van der Waals surface area contributed by atoms with Crippen LogP contribution >= 0.6 is 0 Å². The Kier molecular flexibility index (Phi) is 5.03.